The Balaban J connectivity index is 1.46. The molecule has 0 radical (unpaired) electrons. The first-order valence-corrected chi connectivity index (χ1v) is 11.7. The lowest BCUT2D eigenvalue weighted by Gasteiger charge is -2.27. The Morgan fingerprint density at radius 1 is 1.24 bits per heavy atom. The number of nitrogens with one attached hydrogen (secondary N) is 2. The number of fused-ring (bicyclic) bond motifs is 1. The summed E-state index contributed by atoms with van der Waals surface area (Å²) in [5.41, 5.74) is 4.45. The second-order valence-corrected chi connectivity index (χ2v) is 8.62. The molecule has 4 N–H and O–H groups in total. The molecule has 1 fully saturated rings. The molecule has 1 aliphatic heterocycles. The van der Waals surface area contributed by atoms with Crippen molar-refractivity contribution in [2.45, 2.75) is 18.6 Å². The molecule has 38 heavy (non-hydrogen) atoms. The number of carbonyl (C=O) groups excluding carboxylic acids is 1. The van der Waals surface area contributed by atoms with Crippen molar-refractivity contribution in [3.8, 4) is 5.82 Å². The van der Waals surface area contributed by atoms with Crippen LogP contribution in [0.4, 0.5) is 24.5 Å². The van der Waals surface area contributed by atoms with Crippen LogP contribution in [0.1, 0.15) is 18.2 Å². The molecule has 14 heteroatoms. The smallest absolute Gasteiger partial charge is 0.404 e. The van der Waals surface area contributed by atoms with Gasteiger partial charge in [0.05, 0.1) is 57.8 Å². The fourth-order valence-electron chi connectivity index (χ4n) is 3.82. The predicted molar refractivity (Wildman–Crippen MR) is 135 cm³/mol. The number of carbonyl (C=O) groups is 1. The van der Waals surface area contributed by atoms with E-state index in [0.29, 0.717) is 17.1 Å². The van der Waals surface area contributed by atoms with E-state index in [2.05, 4.69) is 35.8 Å². The van der Waals surface area contributed by atoms with Gasteiger partial charge in [0.2, 0.25) is 0 Å². The molecule has 0 saturated carbocycles. The fraction of sp³-hybridized carbons (Fsp3) is 0.167. The summed E-state index contributed by atoms with van der Waals surface area (Å²) in [6, 6.07) is 9.48. The summed E-state index contributed by atoms with van der Waals surface area (Å²) < 4.78 is 42.5. The number of pyridine rings is 2. The zero-order valence-corrected chi connectivity index (χ0v) is 20.2. The number of anilines is 1. The monoisotopic (exact) mass is 541 g/mol. The summed E-state index contributed by atoms with van der Waals surface area (Å²) in [5, 5.41) is 13.8. The van der Waals surface area contributed by atoms with Gasteiger partial charge in [-0.25, -0.2) is 9.98 Å². The van der Waals surface area contributed by atoms with Gasteiger partial charge in [-0.3, -0.25) is 9.78 Å². The second-order valence-electron chi connectivity index (χ2n) is 8.22. The summed E-state index contributed by atoms with van der Waals surface area (Å²) >= 11 is 6.19. The average Bonchev–Trinajstić information content (AvgIpc) is 3.37. The fourth-order valence-corrected chi connectivity index (χ4v) is 4.06. The maximum absolute atomic E-state index is 14.2. The Morgan fingerprint density at radius 3 is 2.63 bits per heavy atom. The van der Waals surface area contributed by atoms with Crippen molar-refractivity contribution < 1.29 is 18.0 Å². The van der Waals surface area contributed by atoms with Crippen LogP contribution in [0.2, 0.25) is 5.02 Å². The number of hydrogen-bond acceptors (Lipinski definition) is 8. The third-order valence-electron chi connectivity index (χ3n) is 5.77. The third-order valence-corrected chi connectivity index (χ3v) is 6.04. The van der Waals surface area contributed by atoms with E-state index in [9.17, 15) is 18.0 Å². The number of benzene rings is 1. The van der Waals surface area contributed by atoms with Crippen LogP contribution in [0.5, 0.6) is 0 Å². The molecule has 5 rings (SSSR count). The molecule has 0 bridgehead atoms. The number of amides is 1. The largest absolute Gasteiger partial charge is 0.434 e. The molecule has 1 aromatic carbocycles. The minimum absolute atomic E-state index is 0.0108. The van der Waals surface area contributed by atoms with Gasteiger partial charge < -0.3 is 16.4 Å². The highest BCUT2D eigenvalue weighted by Crippen LogP contribution is 2.32. The number of halogens is 4. The first-order chi connectivity index (χ1) is 18.2. The van der Waals surface area contributed by atoms with E-state index >= 15 is 0 Å². The van der Waals surface area contributed by atoms with E-state index in [0.717, 1.165) is 23.5 Å². The molecule has 1 aliphatic rings. The van der Waals surface area contributed by atoms with Crippen LogP contribution < -0.4 is 16.4 Å². The Bertz CT molecular complexity index is 1560. The first kappa shape index (κ1) is 25.3. The Kier molecular flexibility index (Phi) is 6.78. The summed E-state index contributed by atoms with van der Waals surface area (Å²) in [6.45, 7) is 0.883. The summed E-state index contributed by atoms with van der Waals surface area (Å²) in [5.74, 6) is -0.981. The lowest BCUT2D eigenvalue weighted by molar-refractivity contribution is -0.113. The lowest BCUT2D eigenvalue weighted by atomic mass is 10.0. The Labute approximate surface area is 218 Å². The molecule has 0 spiro atoms. The van der Waals surface area contributed by atoms with Gasteiger partial charge in [0.15, 0.2) is 11.5 Å². The quantitative estimate of drug-likeness (QED) is 0.248. The zero-order chi connectivity index (χ0) is 26.9. The van der Waals surface area contributed by atoms with Gasteiger partial charge in [-0.1, -0.05) is 17.7 Å². The summed E-state index contributed by atoms with van der Waals surface area (Å²) in [4.78, 5) is 26.5. The lowest BCUT2D eigenvalue weighted by Crippen LogP contribution is -2.35. The van der Waals surface area contributed by atoms with Crippen LogP contribution in [0, 0.1) is 0 Å². The van der Waals surface area contributed by atoms with Crippen LogP contribution in [-0.2, 0) is 4.79 Å². The van der Waals surface area contributed by atoms with Crippen molar-refractivity contribution in [3.05, 3.63) is 77.5 Å². The third kappa shape index (κ3) is 5.06. The number of aromatic nitrogens is 5. The minimum Gasteiger partial charge on any atom is -0.404 e. The van der Waals surface area contributed by atoms with Crippen LogP contribution >= 0.6 is 11.6 Å². The van der Waals surface area contributed by atoms with Crippen LogP contribution in [-0.4, -0.2) is 49.3 Å². The van der Waals surface area contributed by atoms with Crippen molar-refractivity contribution in [3.63, 3.8) is 0 Å². The van der Waals surface area contributed by atoms with E-state index in [1.807, 2.05) is 0 Å². The topological polar surface area (TPSA) is 136 Å². The predicted octanol–water partition coefficient (Wildman–Crippen LogP) is 4.01. The van der Waals surface area contributed by atoms with Gasteiger partial charge in [0, 0.05) is 11.6 Å². The molecule has 0 aliphatic carbocycles. The van der Waals surface area contributed by atoms with Gasteiger partial charge in [-0.15, -0.1) is 4.80 Å². The molecule has 1 saturated heterocycles. The maximum atomic E-state index is 14.2. The van der Waals surface area contributed by atoms with E-state index in [4.69, 9.17) is 17.3 Å². The number of alkyl halides is 3. The highest BCUT2D eigenvalue weighted by Gasteiger charge is 2.40. The number of hydrogen-bond donors (Lipinski definition) is 3. The highest BCUT2D eigenvalue weighted by atomic mass is 35.5. The van der Waals surface area contributed by atoms with E-state index in [-0.39, 0.29) is 28.3 Å². The van der Waals surface area contributed by atoms with Gasteiger partial charge in [0.25, 0.3) is 5.91 Å². The van der Waals surface area contributed by atoms with Crippen molar-refractivity contribution in [1.82, 2.24) is 30.3 Å². The van der Waals surface area contributed by atoms with Crippen LogP contribution in [0.15, 0.2) is 71.8 Å². The van der Waals surface area contributed by atoms with Crippen molar-refractivity contribution in [2.24, 2.45) is 10.7 Å². The molecule has 1 amide bonds. The van der Waals surface area contributed by atoms with E-state index in [1.165, 1.54) is 30.7 Å². The average molecular weight is 542 g/mol. The summed E-state index contributed by atoms with van der Waals surface area (Å²) in [7, 11) is 0. The van der Waals surface area contributed by atoms with E-state index in [1.54, 1.807) is 24.3 Å². The molecule has 4 heterocycles. The zero-order valence-electron chi connectivity index (χ0n) is 19.4. The standard InChI is InChI=1S/C24H19ClF3N9O/c25-16-10-13(12-31-22(16)37-32-8-9-33-37)34-23(38)15(11-29)21(24(26,27)28)36-18-3-1-2-17-14(18)4-5-20(35-17)19-6-7-30-19/h1-5,8-12,19,30H,6-7,29H2,(H,34,38). The van der Waals surface area contributed by atoms with Crippen molar-refractivity contribution in [1.29, 1.82) is 0 Å². The van der Waals surface area contributed by atoms with Gasteiger partial charge in [-0.05, 0) is 43.3 Å². The molecular formula is C24H19ClF3N9O. The number of nitrogens with zero attached hydrogens (tertiary/aromatic N) is 6. The molecular weight excluding hydrogens is 523 g/mol. The number of rotatable bonds is 6. The maximum Gasteiger partial charge on any atom is 0.434 e. The van der Waals surface area contributed by atoms with Crippen molar-refractivity contribution >= 4 is 45.5 Å². The Hall–Kier alpha value is -4.36. The molecule has 4 aromatic rings. The molecule has 194 valence electrons. The number of aliphatic imine (C=N–C) groups is 1. The SMILES string of the molecule is NC=C(C(=O)Nc1cnc(-n2nccn2)c(Cl)c1)C(=Nc1cccc2nc(C3CCN3)ccc12)C(F)(F)F. The Morgan fingerprint density at radius 2 is 2.00 bits per heavy atom. The second kappa shape index (κ2) is 10.2. The molecule has 10 nitrogen and oxygen atoms in total. The van der Waals surface area contributed by atoms with Gasteiger partial charge in [-0.2, -0.15) is 23.4 Å². The van der Waals surface area contributed by atoms with Crippen LogP contribution in [0.25, 0.3) is 16.7 Å². The minimum atomic E-state index is -5.00. The summed E-state index contributed by atoms with van der Waals surface area (Å²) in [6.07, 6.45) is 0.521. The molecule has 1 atom stereocenters. The van der Waals surface area contributed by atoms with Gasteiger partial charge in [0.1, 0.15) is 0 Å². The molecule has 3 aromatic heterocycles. The van der Waals surface area contributed by atoms with Crippen molar-refractivity contribution in [2.75, 3.05) is 11.9 Å². The number of nitrogens with two attached hydrogens (primary N) is 1. The molecule has 1 unspecified atom stereocenters. The highest BCUT2D eigenvalue weighted by molar-refractivity contribution is 6.32. The van der Waals surface area contributed by atoms with Gasteiger partial charge >= 0.3 is 6.18 Å². The normalized spacial score (nSPS) is 16.4. The van der Waals surface area contributed by atoms with E-state index < -0.39 is 23.4 Å². The first-order valence-electron chi connectivity index (χ1n) is 11.3. The van der Waals surface area contributed by atoms with Crippen LogP contribution in [0.3, 0.4) is 0 Å².